The van der Waals surface area contributed by atoms with Crippen LogP contribution >= 0.6 is 11.8 Å². The van der Waals surface area contributed by atoms with Crippen molar-refractivity contribution in [2.75, 3.05) is 12.8 Å². The van der Waals surface area contributed by atoms with Gasteiger partial charge < -0.3 is 5.32 Å². The van der Waals surface area contributed by atoms with Crippen molar-refractivity contribution in [1.82, 2.24) is 5.32 Å². The maximum absolute atomic E-state index is 3.80. The largest absolute Gasteiger partial charge is 0.309 e. The average Bonchev–Trinajstić information content (AvgIpc) is 2.53. The zero-order valence-corrected chi connectivity index (χ0v) is 14.6. The highest BCUT2D eigenvalue weighted by molar-refractivity contribution is 8.00. The lowest BCUT2D eigenvalue weighted by Gasteiger charge is -2.32. The van der Waals surface area contributed by atoms with Gasteiger partial charge in [0, 0.05) is 17.3 Å². The molecule has 1 unspecified atom stereocenters. The molecule has 0 bridgehead atoms. The van der Waals surface area contributed by atoms with Crippen LogP contribution in [0.25, 0.3) is 0 Å². The number of thioether (sulfide) groups is 1. The minimum absolute atomic E-state index is 0.386. The van der Waals surface area contributed by atoms with Gasteiger partial charge >= 0.3 is 0 Å². The van der Waals surface area contributed by atoms with Crippen molar-refractivity contribution in [3.05, 3.63) is 35.4 Å². The lowest BCUT2D eigenvalue weighted by molar-refractivity contribution is 0.438. The van der Waals surface area contributed by atoms with Crippen LogP contribution in [0, 0.1) is 0 Å². The Morgan fingerprint density at radius 2 is 1.65 bits per heavy atom. The third-order valence-corrected chi connectivity index (χ3v) is 6.18. The van der Waals surface area contributed by atoms with E-state index in [-0.39, 0.29) is 0 Å². The Morgan fingerprint density at radius 1 is 1.05 bits per heavy atom. The second kappa shape index (κ2) is 8.74. The molecule has 1 aromatic carbocycles. The Labute approximate surface area is 129 Å². The molecule has 0 radical (unpaired) electrons. The quantitative estimate of drug-likeness (QED) is 0.670. The number of rotatable bonds is 9. The number of aryl methyl sites for hydroxylation is 1. The average molecular weight is 294 g/mol. The lowest BCUT2D eigenvalue weighted by Crippen LogP contribution is -2.38. The summed E-state index contributed by atoms with van der Waals surface area (Å²) in [5.74, 6) is 0. The van der Waals surface area contributed by atoms with E-state index in [1.165, 1.54) is 24.0 Å². The topological polar surface area (TPSA) is 12.0 Å². The van der Waals surface area contributed by atoms with Crippen molar-refractivity contribution in [1.29, 1.82) is 0 Å². The Kier molecular flexibility index (Phi) is 7.68. The highest BCUT2D eigenvalue weighted by Gasteiger charge is 2.25. The lowest BCUT2D eigenvalue weighted by atomic mass is 9.98. The van der Waals surface area contributed by atoms with Crippen LogP contribution in [0.1, 0.15) is 64.1 Å². The van der Waals surface area contributed by atoms with Crippen LogP contribution in [-0.2, 0) is 6.42 Å². The summed E-state index contributed by atoms with van der Waals surface area (Å²) in [7, 11) is 0. The van der Waals surface area contributed by atoms with Gasteiger partial charge in [0.2, 0.25) is 0 Å². The van der Waals surface area contributed by atoms with Gasteiger partial charge in [0.05, 0.1) is 0 Å². The predicted octanol–water partition coefficient (Wildman–Crippen LogP) is 5.21. The van der Waals surface area contributed by atoms with E-state index in [0.29, 0.717) is 10.8 Å². The van der Waals surface area contributed by atoms with Crippen molar-refractivity contribution < 1.29 is 0 Å². The minimum Gasteiger partial charge on any atom is -0.309 e. The fourth-order valence-electron chi connectivity index (χ4n) is 2.65. The van der Waals surface area contributed by atoms with Crippen LogP contribution < -0.4 is 5.32 Å². The van der Waals surface area contributed by atoms with Crippen LogP contribution in [0.15, 0.2) is 24.3 Å². The van der Waals surface area contributed by atoms with Crippen LogP contribution in [0.4, 0.5) is 0 Å². The van der Waals surface area contributed by atoms with E-state index >= 15 is 0 Å². The summed E-state index contributed by atoms with van der Waals surface area (Å²) in [6, 6.07) is 9.59. The molecule has 1 atom stereocenters. The van der Waals surface area contributed by atoms with E-state index in [2.05, 4.69) is 63.5 Å². The third-order valence-electron chi connectivity index (χ3n) is 4.59. The highest BCUT2D eigenvalue weighted by atomic mass is 32.2. The maximum atomic E-state index is 3.80. The maximum Gasteiger partial charge on any atom is 0.0318 e. The molecule has 0 aromatic heterocycles. The molecule has 0 aliphatic rings. The molecule has 20 heavy (non-hydrogen) atoms. The van der Waals surface area contributed by atoms with Crippen molar-refractivity contribution in [2.45, 2.75) is 64.2 Å². The summed E-state index contributed by atoms with van der Waals surface area (Å²) in [6.07, 6.45) is 6.95. The summed E-state index contributed by atoms with van der Waals surface area (Å²) in [5, 5.41) is 3.80. The molecule has 2 heteroatoms. The van der Waals surface area contributed by atoms with Crippen molar-refractivity contribution in [3.63, 3.8) is 0 Å². The number of hydrogen-bond acceptors (Lipinski definition) is 2. The molecule has 1 rings (SSSR count). The summed E-state index contributed by atoms with van der Waals surface area (Å²) in [5.41, 5.74) is 2.84. The van der Waals surface area contributed by atoms with Gasteiger partial charge in [-0.05, 0) is 43.1 Å². The molecule has 1 nitrogen and oxygen atoms in total. The zero-order chi connectivity index (χ0) is 15.0. The summed E-state index contributed by atoms with van der Waals surface area (Å²) in [4.78, 5) is 0. The summed E-state index contributed by atoms with van der Waals surface area (Å²) in [6.45, 7) is 10.2. The van der Waals surface area contributed by atoms with E-state index in [4.69, 9.17) is 0 Å². The van der Waals surface area contributed by atoms with Gasteiger partial charge in [-0.1, -0.05) is 52.0 Å². The number of hydrogen-bond donors (Lipinski definition) is 1. The van der Waals surface area contributed by atoms with Crippen molar-refractivity contribution in [2.24, 2.45) is 0 Å². The molecular weight excluding hydrogens is 262 g/mol. The normalized spacial score (nSPS) is 13.4. The molecule has 0 fully saturated rings. The summed E-state index contributed by atoms with van der Waals surface area (Å²) >= 11 is 2.01. The van der Waals surface area contributed by atoms with Gasteiger partial charge in [-0.25, -0.2) is 0 Å². The van der Waals surface area contributed by atoms with Gasteiger partial charge in [-0.2, -0.15) is 11.8 Å². The second-order valence-corrected chi connectivity index (χ2v) is 6.81. The fraction of sp³-hybridized carbons (Fsp3) is 0.667. The SMILES string of the molecule is CCc1ccc(C(CC)NCC(CC)(CC)SC)cc1. The van der Waals surface area contributed by atoms with Gasteiger partial charge in [0.1, 0.15) is 0 Å². The Hall–Kier alpha value is -0.470. The van der Waals surface area contributed by atoms with Crippen LogP contribution in [0.3, 0.4) is 0 Å². The molecule has 0 aliphatic heterocycles. The second-order valence-electron chi connectivity index (χ2n) is 5.53. The first-order valence-corrected chi connectivity index (χ1v) is 9.24. The smallest absolute Gasteiger partial charge is 0.0318 e. The van der Waals surface area contributed by atoms with E-state index in [0.717, 1.165) is 19.4 Å². The molecule has 0 saturated heterocycles. The molecule has 1 N–H and O–H groups in total. The first-order chi connectivity index (χ1) is 9.64. The third kappa shape index (κ3) is 4.53. The molecule has 1 aromatic rings. The minimum atomic E-state index is 0.386. The van der Waals surface area contributed by atoms with Gasteiger partial charge in [0.15, 0.2) is 0 Å². The van der Waals surface area contributed by atoms with Gasteiger partial charge in [0.25, 0.3) is 0 Å². The number of nitrogens with one attached hydrogen (secondary N) is 1. The Bertz CT molecular complexity index is 359. The van der Waals surface area contributed by atoms with Crippen LogP contribution in [0.2, 0.25) is 0 Å². The Morgan fingerprint density at radius 3 is 2.05 bits per heavy atom. The molecular formula is C18H31NS. The molecule has 0 saturated carbocycles. The predicted molar refractivity (Wildman–Crippen MR) is 93.7 cm³/mol. The van der Waals surface area contributed by atoms with Crippen molar-refractivity contribution in [3.8, 4) is 0 Å². The van der Waals surface area contributed by atoms with E-state index in [9.17, 15) is 0 Å². The zero-order valence-electron chi connectivity index (χ0n) is 13.8. The first kappa shape index (κ1) is 17.6. The fourth-order valence-corrected chi connectivity index (χ4v) is 3.46. The van der Waals surface area contributed by atoms with Crippen molar-refractivity contribution >= 4 is 11.8 Å². The molecule has 114 valence electrons. The van der Waals surface area contributed by atoms with Crippen LogP contribution in [-0.4, -0.2) is 17.5 Å². The van der Waals surface area contributed by atoms with E-state index in [1.54, 1.807) is 0 Å². The standard InChI is InChI=1S/C18H31NS/c1-6-15-10-12-16(13-11-15)17(7-2)19-14-18(8-3,9-4)20-5/h10-13,17,19H,6-9,14H2,1-5H3. The van der Waals surface area contributed by atoms with E-state index in [1.807, 2.05) is 11.8 Å². The molecule has 0 heterocycles. The Balaban J connectivity index is 2.71. The molecule has 0 spiro atoms. The highest BCUT2D eigenvalue weighted by Crippen LogP contribution is 2.30. The van der Waals surface area contributed by atoms with Crippen LogP contribution in [0.5, 0.6) is 0 Å². The monoisotopic (exact) mass is 293 g/mol. The first-order valence-electron chi connectivity index (χ1n) is 8.02. The molecule has 0 aliphatic carbocycles. The van der Waals surface area contributed by atoms with E-state index < -0.39 is 0 Å². The van der Waals surface area contributed by atoms with Gasteiger partial charge in [-0.3, -0.25) is 0 Å². The van der Waals surface area contributed by atoms with Gasteiger partial charge in [-0.15, -0.1) is 0 Å². The molecule has 0 amide bonds. The number of benzene rings is 1. The summed E-state index contributed by atoms with van der Waals surface area (Å²) < 4.78 is 0.386.